The molecule has 1 aliphatic rings. The van der Waals surface area contributed by atoms with Gasteiger partial charge in [0.1, 0.15) is 23.9 Å². The molecule has 5 rings (SSSR count). The summed E-state index contributed by atoms with van der Waals surface area (Å²) in [5.41, 5.74) is 3.28. The number of unbranched alkanes of at least 4 members (excludes halogenated alkanes) is 1. The molecule has 0 heterocycles. The summed E-state index contributed by atoms with van der Waals surface area (Å²) in [6, 6.07) is 27.4. The van der Waals surface area contributed by atoms with Gasteiger partial charge in [0, 0.05) is 12.8 Å². The van der Waals surface area contributed by atoms with E-state index in [-0.39, 0.29) is 35.5 Å². The van der Waals surface area contributed by atoms with Gasteiger partial charge in [0.05, 0.1) is 13.2 Å². The molecule has 4 aromatic rings. The molecule has 0 saturated heterocycles. The molecular weight excluding hydrogens is 576 g/mol. The van der Waals surface area contributed by atoms with Gasteiger partial charge < -0.3 is 24.8 Å². The average molecular weight is 621 g/mol. The van der Waals surface area contributed by atoms with Gasteiger partial charge in [-0.25, -0.2) is 0 Å². The normalized spacial score (nSPS) is 16.6. The second-order valence-electron chi connectivity index (χ2n) is 12.3. The molecule has 4 aromatic carbocycles. The molecule has 0 fully saturated rings. The van der Waals surface area contributed by atoms with Crippen molar-refractivity contribution in [1.82, 2.24) is 0 Å². The monoisotopic (exact) mass is 620 g/mol. The minimum Gasteiger partial charge on any atom is -0.508 e. The standard InChI is InChI=1S/C40H44O6/c1-45-39-20-13-29(22-40(39)46-27-30-11-14-33-23-35(41)19-16-32(33)21-30)12-17-37(43)26-38(44)25-34-24-36(42)18-15-31(34)10-6-5-9-28-7-3-2-4-8-28/h2-4,7-8,11,13-16,18-24,31,34,38,41-42,44H,5-6,9-10,12,17,25-27H2,1H3. The number of aliphatic hydroxyl groups is 2. The first-order valence-corrected chi connectivity index (χ1v) is 16.2. The number of phenolic OH excluding ortho intramolecular Hbond substituents is 1. The van der Waals surface area contributed by atoms with Crippen LogP contribution in [0.1, 0.15) is 55.2 Å². The number of hydrogen-bond acceptors (Lipinski definition) is 6. The quantitative estimate of drug-likeness (QED) is 0.109. The highest BCUT2D eigenvalue weighted by atomic mass is 16.5. The van der Waals surface area contributed by atoms with Gasteiger partial charge in [-0.2, -0.15) is 0 Å². The van der Waals surface area contributed by atoms with Crippen molar-refractivity contribution in [1.29, 1.82) is 0 Å². The molecule has 3 unspecified atom stereocenters. The zero-order valence-corrected chi connectivity index (χ0v) is 26.5. The Kier molecular flexibility index (Phi) is 11.5. The molecule has 6 nitrogen and oxygen atoms in total. The number of ketones is 1. The van der Waals surface area contributed by atoms with E-state index in [1.54, 1.807) is 25.3 Å². The zero-order chi connectivity index (χ0) is 32.3. The number of aliphatic hydroxyl groups excluding tert-OH is 2. The molecule has 1 aliphatic carbocycles. The topological polar surface area (TPSA) is 96.2 Å². The van der Waals surface area contributed by atoms with Gasteiger partial charge >= 0.3 is 0 Å². The van der Waals surface area contributed by atoms with Gasteiger partial charge in [-0.05, 0) is 114 Å². The summed E-state index contributed by atoms with van der Waals surface area (Å²) in [5.74, 6) is 1.92. The Morgan fingerprint density at radius 3 is 2.41 bits per heavy atom. The summed E-state index contributed by atoms with van der Waals surface area (Å²) in [7, 11) is 1.60. The lowest BCUT2D eigenvalue weighted by molar-refractivity contribution is -0.121. The van der Waals surface area contributed by atoms with Crippen molar-refractivity contribution in [2.45, 2.75) is 64.1 Å². The van der Waals surface area contributed by atoms with E-state index in [1.165, 1.54) is 5.56 Å². The molecular formula is C40H44O6. The Morgan fingerprint density at radius 1 is 0.804 bits per heavy atom. The van der Waals surface area contributed by atoms with E-state index in [0.29, 0.717) is 37.4 Å². The summed E-state index contributed by atoms with van der Waals surface area (Å²) in [6.45, 7) is 0.343. The van der Waals surface area contributed by atoms with Crippen LogP contribution in [-0.2, 0) is 24.2 Å². The number of carbonyl (C=O) groups excluding carboxylic acids is 1. The second kappa shape index (κ2) is 16.1. The number of allylic oxidation sites excluding steroid dienone is 3. The summed E-state index contributed by atoms with van der Waals surface area (Å²) >= 11 is 0. The molecule has 0 saturated carbocycles. The Hall–Kier alpha value is -4.55. The average Bonchev–Trinajstić information content (AvgIpc) is 3.06. The van der Waals surface area contributed by atoms with Gasteiger partial charge in [0.15, 0.2) is 11.5 Å². The highest BCUT2D eigenvalue weighted by Crippen LogP contribution is 2.32. The largest absolute Gasteiger partial charge is 0.508 e. The van der Waals surface area contributed by atoms with Crippen LogP contribution in [0.2, 0.25) is 0 Å². The minimum absolute atomic E-state index is 0.000531. The van der Waals surface area contributed by atoms with E-state index in [1.807, 2.05) is 60.7 Å². The molecule has 0 aliphatic heterocycles. The van der Waals surface area contributed by atoms with E-state index < -0.39 is 6.10 Å². The fourth-order valence-corrected chi connectivity index (χ4v) is 6.24. The number of ether oxygens (including phenoxy) is 2. The predicted molar refractivity (Wildman–Crippen MR) is 182 cm³/mol. The molecule has 0 aromatic heterocycles. The Balaban J connectivity index is 1.09. The SMILES string of the molecule is COc1ccc(CCC(=O)CC(O)CC2C=C(O)C=CC2CCCCc2ccccc2)cc1OCc1ccc2cc(O)ccc2c1. The summed E-state index contributed by atoms with van der Waals surface area (Å²) < 4.78 is 11.6. The van der Waals surface area contributed by atoms with Crippen molar-refractivity contribution >= 4 is 16.6 Å². The van der Waals surface area contributed by atoms with Crippen LogP contribution in [0.4, 0.5) is 0 Å². The number of carbonyl (C=O) groups is 1. The first kappa shape index (κ1) is 32.8. The number of Topliss-reactive ketones (excluding diaryl/α,β-unsaturated/α-hetero) is 1. The lowest BCUT2D eigenvalue weighted by Gasteiger charge is -2.27. The number of aromatic hydroxyl groups is 1. The first-order chi connectivity index (χ1) is 22.4. The maximum atomic E-state index is 12.9. The van der Waals surface area contributed by atoms with Crippen LogP contribution < -0.4 is 9.47 Å². The van der Waals surface area contributed by atoms with Crippen molar-refractivity contribution in [3.8, 4) is 17.2 Å². The van der Waals surface area contributed by atoms with Gasteiger partial charge in [0.2, 0.25) is 0 Å². The van der Waals surface area contributed by atoms with Crippen LogP contribution in [0, 0.1) is 11.8 Å². The van der Waals surface area contributed by atoms with E-state index in [2.05, 4.69) is 24.3 Å². The number of methoxy groups -OCH3 is 1. The number of fused-ring (bicyclic) bond motifs is 1. The van der Waals surface area contributed by atoms with E-state index >= 15 is 0 Å². The number of aryl methyl sites for hydroxylation is 2. The highest BCUT2D eigenvalue weighted by molar-refractivity contribution is 5.84. The maximum Gasteiger partial charge on any atom is 0.161 e. The lowest BCUT2D eigenvalue weighted by Crippen LogP contribution is -2.23. The number of rotatable bonds is 16. The Labute approximate surface area is 271 Å². The van der Waals surface area contributed by atoms with Crippen molar-refractivity contribution in [2.24, 2.45) is 11.8 Å². The third kappa shape index (κ3) is 9.48. The van der Waals surface area contributed by atoms with Crippen molar-refractivity contribution in [3.63, 3.8) is 0 Å². The van der Waals surface area contributed by atoms with Crippen molar-refractivity contribution in [3.05, 3.63) is 126 Å². The number of phenols is 1. The van der Waals surface area contributed by atoms with Gasteiger partial charge in [-0.3, -0.25) is 4.79 Å². The molecule has 0 radical (unpaired) electrons. The molecule has 3 N–H and O–H groups in total. The molecule has 6 heteroatoms. The highest BCUT2D eigenvalue weighted by Gasteiger charge is 2.24. The lowest BCUT2D eigenvalue weighted by atomic mass is 9.80. The van der Waals surface area contributed by atoms with Crippen LogP contribution in [-0.4, -0.2) is 34.3 Å². The summed E-state index contributed by atoms with van der Waals surface area (Å²) in [5, 5.41) is 32.7. The predicted octanol–water partition coefficient (Wildman–Crippen LogP) is 8.43. The van der Waals surface area contributed by atoms with Crippen molar-refractivity contribution < 1.29 is 29.6 Å². The van der Waals surface area contributed by atoms with Crippen molar-refractivity contribution in [2.75, 3.05) is 7.11 Å². The first-order valence-electron chi connectivity index (χ1n) is 16.2. The summed E-state index contributed by atoms with van der Waals surface area (Å²) in [4.78, 5) is 12.9. The smallest absolute Gasteiger partial charge is 0.161 e. The zero-order valence-electron chi connectivity index (χ0n) is 26.5. The number of benzene rings is 4. The second-order valence-corrected chi connectivity index (χ2v) is 12.3. The van der Waals surface area contributed by atoms with Crippen LogP contribution in [0.3, 0.4) is 0 Å². The Bertz CT molecular complexity index is 1660. The van der Waals surface area contributed by atoms with E-state index in [4.69, 9.17) is 9.47 Å². The fraction of sp³-hybridized carbons (Fsp3) is 0.325. The molecule has 0 bridgehead atoms. The molecule has 3 atom stereocenters. The van der Waals surface area contributed by atoms with Gasteiger partial charge in [-0.15, -0.1) is 0 Å². The molecule has 46 heavy (non-hydrogen) atoms. The van der Waals surface area contributed by atoms with E-state index in [0.717, 1.165) is 47.6 Å². The van der Waals surface area contributed by atoms with Crippen LogP contribution in [0.25, 0.3) is 10.8 Å². The third-order valence-electron chi connectivity index (χ3n) is 8.76. The van der Waals surface area contributed by atoms with Gasteiger partial charge in [0.25, 0.3) is 0 Å². The fourth-order valence-electron chi connectivity index (χ4n) is 6.24. The third-order valence-corrected chi connectivity index (χ3v) is 8.76. The summed E-state index contributed by atoms with van der Waals surface area (Å²) in [6.07, 6.45) is 10.4. The number of hydrogen-bond donors (Lipinski definition) is 3. The minimum atomic E-state index is -0.763. The van der Waals surface area contributed by atoms with Crippen LogP contribution >= 0.6 is 0 Å². The van der Waals surface area contributed by atoms with Crippen LogP contribution in [0.5, 0.6) is 17.2 Å². The molecule has 0 amide bonds. The van der Waals surface area contributed by atoms with Gasteiger partial charge in [-0.1, -0.05) is 67.1 Å². The molecule has 240 valence electrons. The van der Waals surface area contributed by atoms with Crippen LogP contribution in [0.15, 0.2) is 109 Å². The van der Waals surface area contributed by atoms with E-state index in [9.17, 15) is 20.1 Å². The maximum absolute atomic E-state index is 12.9. The molecule has 0 spiro atoms. The Morgan fingerprint density at radius 2 is 1.59 bits per heavy atom.